The predicted molar refractivity (Wildman–Crippen MR) is 170 cm³/mol. The number of hydrogen-bond acceptors (Lipinski definition) is 7. The van der Waals surface area contributed by atoms with Gasteiger partial charge in [-0.1, -0.05) is 54.1 Å². The van der Waals surface area contributed by atoms with E-state index in [2.05, 4.69) is 30.9 Å². The second kappa shape index (κ2) is 13.3. The molecule has 3 aromatic carbocycles. The minimum Gasteiger partial charge on any atom is -0.456 e. The SMILES string of the molecule is O=C(NC(c1ccccc1)c1ccccn1)C1=Cc2c(ncnc2Nc2ccc(Oc3cccc(C(F)(F)F)c3)c(Cl)c2)NCC1. The van der Waals surface area contributed by atoms with Crippen molar-refractivity contribution in [2.45, 2.75) is 18.6 Å². The molecule has 2 aromatic heterocycles. The van der Waals surface area contributed by atoms with Crippen molar-refractivity contribution < 1.29 is 22.7 Å². The van der Waals surface area contributed by atoms with E-state index in [0.29, 0.717) is 47.1 Å². The quantitative estimate of drug-likeness (QED) is 0.157. The molecule has 8 nitrogen and oxygen atoms in total. The van der Waals surface area contributed by atoms with Gasteiger partial charge in [-0.2, -0.15) is 13.2 Å². The van der Waals surface area contributed by atoms with Crippen LogP contribution in [0.25, 0.3) is 6.08 Å². The number of fused-ring (bicyclic) bond motifs is 1. The highest BCUT2D eigenvalue weighted by atomic mass is 35.5. The second-order valence-corrected chi connectivity index (χ2v) is 10.7. The molecule has 0 aliphatic carbocycles. The molecular formula is C34H26ClF3N6O2. The Morgan fingerprint density at radius 3 is 2.52 bits per heavy atom. The summed E-state index contributed by atoms with van der Waals surface area (Å²) >= 11 is 6.46. The number of carbonyl (C=O) groups excluding carboxylic acids is 1. The lowest BCUT2D eigenvalue weighted by molar-refractivity contribution is -0.137. The Bertz CT molecular complexity index is 1850. The highest BCUT2D eigenvalue weighted by Gasteiger charge is 2.30. The molecule has 6 rings (SSSR count). The lowest BCUT2D eigenvalue weighted by Crippen LogP contribution is -2.31. The summed E-state index contributed by atoms with van der Waals surface area (Å²) < 4.78 is 45.0. The van der Waals surface area contributed by atoms with Crippen LogP contribution in [0, 0.1) is 0 Å². The van der Waals surface area contributed by atoms with Crippen LogP contribution in [0.3, 0.4) is 0 Å². The number of carbonyl (C=O) groups is 1. The van der Waals surface area contributed by atoms with E-state index in [1.807, 2.05) is 48.5 Å². The van der Waals surface area contributed by atoms with Crippen molar-refractivity contribution in [1.29, 1.82) is 0 Å². The summed E-state index contributed by atoms with van der Waals surface area (Å²) in [7, 11) is 0. The number of aromatic nitrogens is 3. The summed E-state index contributed by atoms with van der Waals surface area (Å²) in [5.41, 5.74) is 2.39. The number of alkyl halides is 3. The van der Waals surface area contributed by atoms with Gasteiger partial charge in [-0.05, 0) is 66.6 Å². The van der Waals surface area contributed by atoms with Gasteiger partial charge in [-0.3, -0.25) is 9.78 Å². The monoisotopic (exact) mass is 642 g/mol. The molecule has 0 saturated heterocycles. The van der Waals surface area contributed by atoms with Gasteiger partial charge in [-0.15, -0.1) is 0 Å². The maximum atomic E-state index is 13.7. The zero-order chi connectivity index (χ0) is 32.1. The summed E-state index contributed by atoms with van der Waals surface area (Å²) in [4.78, 5) is 26.9. The van der Waals surface area contributed by atoms with Crippen molar-refractivity contribution in [2.75, 3.05) is 17.2 Å². The van der Waals surface area contributed by atoms with E-state index < -0.39 is 17.8 Å². The van der Waals surface area contributed by atoms with Gasteiger partial charge in [0.25, 0.3) is 0 Å². The second-order valence-electron chi connectivity index (χ2n) is 10.3. The third kappa shape index (κ3) is 7.10. The van der Waals surface area contributed by atoms with Crippen molar-refractivity contribution in [1.82, 2.24) is 20.3 Å². The van der Waals surface area contributed by atoms with Crippen LogP contribution in [0.4, 0.5) is 30.5 Å². The summed E-state index contributed by atoms with van der Waals surface area (Å²) in [5, 5.41) is 9.77. The van der Waals surface area contributed by atoms with Gasteiger partial charge in [0.1, 0.15) is 29.5 Å². The molecule has 0 bridgehead atoms. The van der Waals surface area contributed by atoms with Crippen molar-refractivity contribution in [3.05, 3.63) is 136 Å². The molecule has 1 aliphatic heterocycles. The van der Waals surface area contributed by atoms with Crippen LogP contribution >= 0.6 is 11.6 Å². The maximum Gasteiger partial charge on any atom is 0.416 e. The van der Waals surface area contributed by atoms with E-state index in [1.54, 1.807) is 30.5 Å². The third-order valence-corrected chi connectivity index (χ3v) is 7.45. The number of amides is 1. The molecule has 3 N–H and O–H groups in total. The Morgan fingerprint density at radius 2 is 1.76 bits per heavy atom. The molecule has 1 unspecified atom stereocenters. The highest BCUT2D eigenvalue weighted by molar-refractivity contribution is 6.32. The minimum atomic E-state index is -4.50. The van der Waals surface area contributed by atoms with Crippen LogP contribution in [0.1, 0.15) is 34.8 Å². The van der Waals surface area contributed by atoms with Gasteiger partial charge in [0.15, 0.2) is 0 Å². The molecule has 0 spiro atoms. The number of pyridine rings is 1. The molecule has 46 heavy (non-hydrogen) atoms. The molecule has 1 aliphatic rings. The minimum absolute atomic E-state index is 0.00174. The van der Waals surface area contributed by atoms with Gasteiger partial charge in [0, 0.05) is 24.0 Å². The number of anilines is 3. The van der Waals surface area contributed by atoms with Gasteiger partial charge >= 0.3 is 6.18 Å². The molecule has 12 heteroatoms. The topological polar surface area (TPSA) is 101 Å². The first-order valence-electron chi connectivity index (χ1n) is 14.2. The first-order valence-corrected chi connectivity index (χ1v) is 14.6. The number of halogens is 4. The van der Waals surface area contributed by atoms with Crippen LogP contribution in [0.2, 0.25) is 5.02 Å². The van der Waals surface area contributed by atoms with Crippen LogP contribution in [0.5, 0.6) is 11.5 Å². The molecule has 0 fully saturated rings. The van der Waals surface area contributed by atoms with E-state index in [-0.39, 0.29) is 22.4 Å². The molecule has 1 atom stereocenters. The fraction of sp³-hybridized carbons (Fsp3) is 0.118. The van der Waals surface area contributed by atoms with E-state index in [9.17, 15) is 18.0 Å². The Balaban J connectivity index is 1.24. The van der Waals surface area contributed by atoms with Gasteiger partial charge in [0.05, 0.1) is 27.9 Å². The lowest BCUT2D eigenvalue weighted by Gasteiger charge is -2.20. The van der Waals surface area contributed by atoms with Crippen LogP contribution < -0.4 is 20.7 Å². The first kappa shape index (κ1) is 30.6. The van der Waals surface area contributed by atoms with E-state index in [0.717, 1.165) is 17.7 Å². The maximum absolute atomic E-state index is 13.7. The number of ether oxygens (including phenoxy) is 1. The molecule has 0 radical (unpaired) electrons. The number of hydrogen-bond donors (Lipinski definition) is 3. The van der Waals surface area contributed by atoms with Gasteiger partial charge in [-0.25, -0.2) is 9.97 Å². The summed E-state index contributed by atoms with van der Waals surface area (Å²) in [6, 6.07) is 24.0. The zero-order valence-corrected chi connectivity index (χ0v) is 24.8. The van der Waals surface area contributed by atoms with Crippen molar-refractivity contribution >= 4 is 40.9 Å². The molecular weight excluding hydrogens is 617 g/mol. The molecule has 5 aromatic rings. The van der Waals surface area contributed by atoms with Crippen LogP contribution in [-0.2, 0) is 11.0 Å². The molecule has 232 valence electrons. The Hall–Kier alpha value is -5.42. The van der Waals surface area contributed by atoms with Crippen molar-refractivity contribution in [3.8, 4) is 11.5 Å². The molecule has 1 amide bonds. The van der Waals surface area contributed by atoms with Crippen LogP contribution in [0.15, 0.2) is 109 Å². The summed E-state index contributed by atoms with van der Waals surface area (Å²) in [6.07, 6.45) is 0.762. The zero-order valence-electron chi connectivity index (χ0n) is 24.1. The Morgan fingerprint density at radius 1 is 0.935 bits per heavy atom. The predicted octanol–water partition coefficient (Wildman–Crippen LogP) is 8.18. The third-order valence-electron chi connectivity index (χ3n) is 7.16. The smallest absolute Gasteiger partial charge is 0.416 e. The number of nitrogens with zero attached hydrogens (tertiary/aromatic N) is 3. The van der Waals surface area contributed by atoms with Gasteiger partial charge < -0.3 is 20.7 Å². The average molecular weight is 643 g/mol. The number of rotatable bonds is 8. The molecule has 3 heterocycles. The fourth-order valence-electron chi connectivity index (χ4n) is 4.92. The van der Waals surface area contributed by atoms with Gasteiger partial charge in [0.2, 0.25) is 5.91 Å². The van der Waals surface area contributed by atoms with E-state index in [1.165, 1.54) is 18.5 Å². The summed E-state index contributed by atoms with van der Waals surface area (Å²) in [6.45, 7) is 0.468. The Labute approximate surface area is 267 Å². The largest absolute Gasteiger partial charge is 0.456 e. The number of benzene rings is 3. The van der Waals surface area contributed by atoms with E-state index in [4.69, 9.17) is 16.3 Å². The highest BCUT2D eigenvalue weighted by Crippen LogP contribution is 2.37. The average Bonchev–Trinajstić information content (AvgIpc) is 3.29. The van der Waals surface area contributed by atoms with Crippen molar-refractivity contribution in [2.24, 2.45) is 0 Å². The first-order chi connectivity index (χ1) is 22.2. The van der Waals surface area contributed by atoms with E-state index >= 15 is 0 Å². The van der Waals surface area contributed by atoms with Crippen LogP contribution in [-0.4, -0.2) is 27.4 Å². The fourth-order valence-corrected chi connectivity index (χ4v) is 5.14. The standard InChI is InChI=1S/C34H26ClF3N6O2/c35-27-19-24(12-13-29(27)46-25-10-6-9-23(18-25)34(36,37)38)43-32-26-17-22(14-16-40-31(26)41-20-42-32)33(45)44-30(21-7-2-1-3-8-21)28-11-4-5-15-39-28/h1-13,15,17-20,30H,14,16H2,(H,44,45)(H2,40,41,42,43). The normalized spacial score (nSPS) is 13.3. The number of nitrogens with one attached hydrogen (secondary N) is 3. The molecule has 0 saturated carbocycles. The Kier molecular flexibility index (Phi) is 8.84. The lowest BCUT2D eigenvalue weighted by atomic mass is 10.0. The summed E-state index contributed by atoms with van der Waals surface area (Å²) in [5.74, 6) is 0.868. The van der Waals surface area contributed by atoms with Crippen molar-refractivity contribution in [3.63, 3.8) is 0 Å².